The fourth-order valence-corrected chi connectivity index (χ4v) is 3.46. The van der Waals surface area contributed by atoms with E-state index in [4.69, 9.17) is 6.42 Å². The van der Waals surface area contributed by atoms with Crippen LogP contribution in [0, 0.1) is 12.3 Å². The summed E-state index contributed by atoms with van der Waals surface area (Å²) in [6, 6.07) is 5.26. The van der Waals surface area contributed by atoms with Crippen LogP contribution in [0.4, 0.5) is 0 Å². The Labute approximate surface area is 123 Å². The number of rotatable bonds is 4. The molecule has 0 aliphatic heterocycles. The van der Waals surface area contributed by atoms with Gasteiger partial charge in [-0.3, -0.25) is 0 Å². The number of benzene rings is 1. The zero-order valence-corrected chi connectivity index (χ0v) is 13.3. The van der Waals surface area contributed by atoms with Crippen LogP contribution in [-0.2, 0) is 9.84 Å². The van der Waals surface area contributed by atoms with Crippen molar-refractivity contribution in [2.45, 2.75) is 29.9 Å². The van der Waals surface area contributed by atoms with Gasteiger partial charge in [0.05, 0.1) is 21.7 Å². The lowest BCUT2D eigenvalue weighted by Gasteiger charge is -2.11. The summed E-state index contributed by atoms with van der Waals surface area (Å²) in [6.07, 6.45) is 6.49. The van der Waals surface area contributed by atoms with Gasteiger partial charge in [-0.15, -0.1) is 6.42 Å². The zero-order chi connectivity index (χ0) is 14.9. The van der Waals surface area contributed by atoms with Crippen LogP contribution in [0.1, 0.15) is 19.9 Å². The van der Waals surface area contributed by atoms with Gasteiger partial charge in [0.15, 0.2) is 15.0 Å². The van der Waals surface area contributed by atoms with Crippen molar-refractivity contribution in [3.63, 3.8) is 0 Å². The maximum absolute atomic E-state index is 11.6. The van der Waals surface area contributed by atoms with Crippen molar-refractivity contribution >= 4 is 32.6 Å². The van der Waals surface area contributed by atoms with Crippen molar-refractivity contribution in [1.29, 1.82) is 0 Å². The van der Waals surface area contributed by atoms with E-state index in [-0.39, 0.29) is 10.9 Å². The minimum Gasteiger partial charge on any atom is -0.316 e. The lowest BCUT2D eigenvalue weighted by Crippen LogP contribution is -2.02. The van der Waals surface area contributed by atoms with Crippen LogP contribution < -0.4 is 0 Å². The normalized spacial score (nSPS) is 11.9. The lowest BCUT2D eigenvalue weighted by atomic mass is 10.3. The maximum Gasteiger partial charge on any atom is 0.175 e. The molecule has 0 bridgehead atoms. The largest absolute Gasteiger partial charge is 0.316 e. The predicted molar refractivity (Wildman–Crippen MR) is 82.8 cm³/mol. The summed E-state index contributed by atoms with van der Waals surface area (Å²) in [4.78, 5) is 4.80. The topological polar surface area (TPSA) is 52.0 Å². The van der Waals surface area contributed by atoms with Gasteiger partial charge in [-0.2, -0.15) is 0 Å². The molecule has 0 N–H and O–H groups in total. The zero-order valence-electron chi connectivity index (χ0n) is 11.6. The molecule has 0 saturated heterocycles. The van der Waals surface area contributed by atoms with Gasteiger partial charge in [0.25, 0.3) is 0 Å². The van der Waals surface area contributed by atoms with Gasteiger partial charge in [-0.1, -0.05) is 17.7 Å². The highest BCUT2D eigenvalue weighted by Crippen LogP contribution is 2.29. The van der Waals surface area contributed by atoms with Crippen LogP contribution >= 0.6 is 11.8 Å². The van der Waals surface area contributed by atoms with Gasteiger partial charge in [0.1, 0.15) is 0 Å². The average Bonchev–Trinajstić information content (AvgIpc) is 2.72. The quantitative estimate of drug-likeness (QED) is 0.644. The van der Waals surface area contributed by atoms with Gasteiger partial charge in [0.2, 0.25) is 0 Å². The van der Waals surface area contributed by atoms with Gasteiger partial charge < -0.3 is 4.57 Å². The minimum absolute atomic E-state index is 0.226. The van der Waals surface area contributed by atoms with Crippen LogP contribution in [0.5, 0.6) is 0 Å². The summed E-state index contributed by atoms with van der Waals surface area (Å²) in [7, 11) is -3.22. The molecule has 106 valence electrons. The van der Waals surface area contributed by atoms with Gasteiger partial charge in [-0.05, 0) is 32.0 Å². The molecular formula is C14H16N2O2S2. The van der Waals surface area contributed by atoms with E-state index in [9.17, 15) is 8.42 Å². The summed E-state index contributed by atoms with van der Waals surface area (Å²) < 4.78 is 25.3. The Bertz CT molecular complexity index is 783. The van der Waals surface area contributed by atoms with Crippen molar-refractivity contribution in [2.75, 3.05) is 12.0 Å². The molecule has 2 aromatic rings. The third-order valence-corrected chi connectivity index (χ3v) is 4.83. The second-order valence-corrected chi connectivity index (χ2v) is 7.73. The number of imidazole rings is 1. The Morgan fingerprint density at radius 1 is 1.45 bits per heavy atom. The highest BCUT2D eigenvalue weighted by molar-refractivity contribution is 7.99. The van der Waals surface area contributed by atoms with Crippen LogP contribution in [0.25, 0.3) is 11.0 Å². The summed E-state index contributed by atoms with van der Waals surface area (Å²) in [5.74, 6) is 3.11. The third-order valence-electron chi connectivity index (χ3n) is 2.86. The minimum atomic E-state index is -3.22. The van der Waals surface area contributed by atoms with Crippen molar-refractivity contribution in [3.05, 3.63) is 18.2 Å². The molecule has 1 aromatic heterocycles. The number of hydrogen-bond donors (Lipinski definition) is 0. The Morgan fingerprint density at radius 3 is 2.70 bits per heavy atom. The van der Waals surface area contributed by atoms with Gasteiger partial charge >= 0.3 is 0 Å². The van der Waals surface area contributed by atoms with Crippen molar-refractivity contribution in [1.82, 2.24) is 9.55 Å². The highest BCUT2D eigenvalue weighted by Gasteiger charge is 2.16. The summed E-state index contributed by atoms with van der Waals surface area (Å²) in [6.45, 7) is 4.12. The number of fused-ring (bicyclic) bond motifs is 1. The highest BCUT2D eigenvalue weighted by atomic mass is 32.2. The summed E-state index contributed by atoms with van der Waals surface area (Å²) in [5.41, 5.74) is 1.60. The molecule has 0 aliphatic rings. The molecule has 0 saturated carbocycles. The van der Waals surface area contributed by atoms with E-state index in [1.54, 1.807) is 18.2 Å². The molecule has 0 amide bonds. The van der Waals surface area contributed by atoms with E-state index in [1.165, 1.54) is 18.0 Å². The number of thioether (sulfide) groups is 1. The van der Waals surface area contributed by atoms with Gasteiger partial charge in [-0.25, -0.2) is 13.4 Å². The molecule has 0 aliphatic carbocycles. The first-order valence-electron chi connectivity index (χ1n) is 6.13. The average molecular weight is 308 g/mol. The first kappa shape index (κ1) is 14.9. The van der Waals surface area contributed by atoms with E-state index in [0.717, 1.165) is 10.7 Å². The van der Waals surface area contributed by atoms with Crippen molar-refractivity contribution < 1.29 is 8.42 Å². The van der Waals surface area contributed by atoms with Crippen LogP contribution in [0.3, 0.4) is 0 Å². The predicted octanol–water partition coefficient (Wildman–Crippen LogP) is 2.75. The fraction of sp³-hybridized carbons (Fsp3) is 0.357. The molecular weight excluding hydrogens is 292 g/mol. The third kappa shape index (κ3) is 2.84. The number of hydrogen-bond acceptors (Lipinski definition) is 4. The molecule has 20 heavy (non-hydrogen) atoms. The van der Waals surface area contributed by atoms with Crippen LogP contribution in [0.15, 0.2) is 28.3 Å². The van der Waals surface area contributed by atoms with E-state index >= 15 is 0 Å². The Hall–Kier alpha value is -1.45. The maximum atomic E-state index is 11.6. The second kappa shape index (κ2) is 5.51. The van der Waals surface area contributed by atoms with E-state index < -0.39 is 9.84 Å². The number of nitrogens with zero attached hydrogens (tertiary/aromatic N) is 2. The summed E-state index contributed by atoms with van der Waals surface area (Å²) in [5, 5.41) is 0.818. The van der Waals surface area contributed by atoms with E-state index in [0.29, 0.717) is 11.3 Å². The van der Waals surface area contributed by atoms with Crippen LogP contribution in [-0.4, -0.2) is 30.0 Å². The molecule has 4 nitrogen and oxygen atoms in total. The standard InChI is InChI=1S/C14H16N2O2S2/c1-5-8-19-14-15-12-9-11(20(4,17)18)6-7-13(12)16(14)10(2)3/h1,6-7,9-10H,8H2,2-4H3. The van der Waals surface area contributed by atoms with Crippen LogP contribution in [0.2, 0.25) is 0 Å². The van der Waals surface area contributed by atoms with E-state index in [2.05, 4.69) is 29.3 Å². The Balaban J connectivity index is 2.64. The number of sulfone groups is 1. The van der Waals surface area contributed by atoms with Crippen molar-refractivity contribution in [3.8, 4) is 12.3 Å². The molecule has 0 fully saturated rings. The van der Waals surface area contributed by atoms with Crippen molar-refractivity contribution in [2.24, 2.45) is 0 Å². The smallest absolute Gasteiger partial charge is 0.175 e. The molecule has 0 unspecified atom stereocenters. The molecule has 0 atom stereocenters. The SMILES string of the molecule is C#CCSc1nc2cc(S(C)(=O)=O)ccc2n1C(C)C. The molecule has 0 spiro atoms. The first-order chi connectivity index (χ1) is 9.34. The molecule has 1 heterocycles. The molecule has 6 heteroatoms. The number of terminal acetylenes is 1. The second-order valence-electron chi connectivity index (χ2n) is 4.77. The number of aromatic nitrogens is 2. The molecule has 1 aromatic carbocycles. The Kier molecular flexibility index (Phi) is 4.11. The molecule has 2 rings (SSSR count). The monoisotopic (exact) mass is 308 g/mol. The molecule has 0 radical (unpaired) electrons. The van der Waals surface area contributed by atoms with E-state index in [1.807, 2.05) is 0 Å². The lowest BCUT2D eigenvalue weighted by molar-refractivity contribution is 0.566. The Morgan fingerprint density at radius 2 is 2.15 bits per heavy atom. The first-order valence-corrected chi connectivity index (χ1v) is 9.00. The summed E-state index contributed by atoms with van der Waals surface area (Å²) >= 11 is 1.48. The fourth-order valence-electron chi connectivity index (χ4n) is 1.99. The van der Waals surface area contributed by atoms with Gasteiger partial charge in [0, 0.05) is 12.3 Å².